The van der Waals surface area contributed by atoms with E-state index in [4.69, 9.17) is 10.5 Å². The molecule has 3 N–H and O–H groups in total. The van der Waals surface area contributed by atoms with Crippen LogP contribution in [0.4, 0.5) is 10.1 Å². The zero-order valence-corrected chi connectivity index (χ0v) is 9.57. The first-order chi connectivity index (χ1) is 8.08. The maximum absolute atomic E-state index is 12.9. The lowest BCUT2D eigenvalue weighted by molar-refractivity contribution is -0.117. The molecule has 0 aliphatic carbocycles. The summed E-state index contributed by atoms with van der Waals surface area (Å²) >= 11 is 0. The Kier molecular flexibility index (Phi) is 4.66. The number of benzene rings is 1. The minimum Gasteiger partial charge on any atom is -0.494 e. The number of carbonyl (C=O) groups is 1. The highest BCUT2D eigenvalue weighted by Gasteiger charge is 2.14. The summed E-state index contributed by atoms with van der Waals surface area (Å²) in [5, 5.41) is 2.57. The van der Waals surface area contributed by atoms with E-state index in [1.165, 1.54) is 25.3 Å². The topological polar surface area (TPSA) is 64.4 Å². The van der Waals surface area contributed by atoms with Gasteiger partial charge < -0.3 is 15.8 Å². The summed E-state index contributed by atoms with van der Waals surface area (Å²) in [6.07, 6.45) is 1.93. The number of nitrogens with one attached hydrogen (secondary N) is 1. The minimum absolute atomic E-state index is 0.254. The highest BCUT2D eigenvalue weighted by atomic mass is 19.1. The standard InChI is InChI=1S/C12H15FN2O2/c1-3-4-9(14)12(16)15-10-6-5-8(13)7-11(10)17-2/h3,5-7,9H,1,4,14H2,2H3,(H,15,16). The Morgan fingerprint density at radius 1 is 1.71 bits per heavy atom. The number of ether oxygens (including phenoxy) is 1. The number of hydrogen-bond donors (Lipinski definition) is 2. The Hall–Kier alpha value is -1.88. The fourth-order valence-electron chi connectivity index (χ4n) is 1.28. The van der Waals surface area contributed by atoms with E-state index in [0.717, 1.165) is 0 Å². The molecule has 0 aliphatic heterocycles. The van der Waals surface area contributed by atoms with Gasteiger partial charge >= 0.3 is 0 Å². The number of methoxy groups -OCH3 is 1. The van der Waals surface area contributed by atoms with E-state index in [1.807, 2.05) is 0 Å². The van der Waals surface area contributed by atoms with Crippen LogP contribution in [0.2, 0.25) is 0 Å². The number of halogens is 1. The number of carbonyl (C=O) groups excluding carboxylic acids is 1. The normalized spacial score (nSPS) is 11.7. The van der Waals surface area contributed by atoms with Crippen LogP contribution in [0.15, 0.2) is 30.9 Å². The van der Waals surface area contributed by atoms with Crippen LogP contribution in [0.1, 0.15) is 6.42 Å². The smallest absolute Gasteiger partial charge is 0.241 e. The first-order valence-corrected chi connectivity index (χ1v) is 5.09. The van der Waals surface area contributed by atoms with Crippen molar-refractivity contribution >= 4 is 11.6 Å². The summed E-state index contributed by atoms with van der Waals surface area (Å²) in [5.41, 5.74) is 5.99. The summed E-state index contributed by atoms with van der Waals surface area (Å²) < 4.78 is 17.9. The Balaban J connectivity index is 2.80. The number of nitrogens with two attached hydrogens (primary N) is 1. The SMILES string of the molecule is C=CCC(N)C(=O)Nc1ccc(F)cc1OC. The third-order valence-corrected chi connectivity index (χ3v) is 2.18. The van der Waals surface area contributed by atoms with Gasteiger partial charge in [-0.1, -0.05) is 6.08 Å². The number of rotatable bonds is 5. The second kappa shape index (κ2) is 6.00. The summed E-state index contributed by atoms with van der Waals surface area (Å²) in [4.78, 5) is 11.6. The van der Waals surface area contributed by atoms with Gasteiger partial charge in [0, 0.05) is 6.07 Å². The van der Waals surface area contributed by atoms with Gasteiger partial charge in [0.15, 0.2) is 0 Å². The van der Waals surface area contributed by atoms with Gasteiger partial charge in [-0.2, -0.15) is 0 Å². The minimum atomic E-state index is -0.678. The Labute approximate surface area is 99.3 Å². The Bertz CT molecular complexity index is 421. The van der Waals surface area contributed by atoms with Crippen molar-refractivity contribution in [1.82, 2.24) is 0 Å². The molecule has 1 aromatic rings. The average molecular weight is 238 g/mol. The van der Waals surface area contributed by atoms with Crippen LogP contribution in [-0.4, -0.2) is 19.1 Å². The molecule has 1 amide bonds. The molecule has 0 aliphatic rings. The van der Waals surface area contributed by atoms with Gasteiger partial charge in [-0.25, -0.2) is 4.39 Å². The lowest BCUT2D eigenvalue weighted by atomic mass is 10.2. The van der Waals surface area contributed by atoms with Gasteiger partial charge in [0.05, 0.1) is 18.8 Å². The zero-order valence-electron chi connectivity index (χ0n) is 9.57. The molecule has 0 saturated heterocycles. The van der Waals surface area contributed by atoms with Gasteiger partial charge in [0.2, 0.25) is 5.91 Å². The predicted molar refractivity (Wildman–Crippen MR) is 64.4 cm³/mol. The molecule has 1 atom stereocenters. The molecule has 1 aromatic carbocycles. The van der Waals surface area contributed by atoms with Gasteiger partial charge in [-0.15, -0.1) is 6.58 Å². The summed E-state index contributed by atoms with van der Waals surface area (Å²) in [6.45, 7) is 3.50. The summed E-state index contributed by atoms with van der Waals surface area (Å²) in [6, 6.07) is 3.17. The molecular weight excluding hydrogens is 223 g/mol. The lowest BCUT2D eigenvalue weighted by Gasteiger charge is -2.13. The molecule has 4 nitrogen and oxygen atoms in total. The molecular formula is C12H15FN2O2. The van der Waals surface area contributed by atoms with E-state index < -0.39 is 11.9 Å². The molecule has 0 saturated carbocycles. The average Bonchev–Trinajstić information content (AvgIpc) is 2.31. The molecule has 0 heterocycles. The monoisotopic (exact) mass is 238 g/mol. The van der Waals surface area contributed by atoms with E-state index in [-0.39, 0.29) is 11.7 Å². The van der Waals surface area contributed by atoms with Crippen LogP contribution in [0.5, 0.6) is 5.75 Å². The van der Waals surface area contributed by atoms with Crippen molar-refractivity contribution in [3.8, 4) is 5.75 Å². The molecule has 0 fully saturated rings. The van der Waals surface area contributed by atoms with E-state index in [9.17, 15) is 9.18 Å². The predicted octanol–water partition coefficient (Wildman–Crippen LogP) is 1.68. The van der Waals surface area contributed by atoms with Crippen molar-refractivity contribution in [3.63, 3.8) is 0 Å². The fourth-order valence-corrected chi connectivity index (χ4v) is 1.28. The molecule has 0 bridgehead atoms. The van der Waals surface area contributed by atoms with E-state index >= 15 is 0 Å². The molecule has 0 aromatic heterocycles. The second-order valence-electron chi connectivity index (χ2n) is 3.46. The van der Waals surface area contributed by atoms with Crippen molar-refractivity contribution in [3.05, 3.63) is 36.7 Å². The number of amides is 1. The van der Waals surface area contributed by atoms with Crippen LogP contribution in [0.25, 0.3) is 0 Å². The van der Waals surface area contributed by atoms with Crippen molar-refractivity contribution in [2.24, 2.45) is 5.73 Å². The molecule has 5 heteroatoms. The molecule has 1 rings (SSSR count). The third-order valence-electron chi connectivity index (χ3n) is 2.18. The maximum Gasteiger partial charge on any atom is 0.241 e. The van der Waals surface area contributed by atoms with E-state index in [1.54, 1.807) is 6.08 Å². The molecule has 17 heavy (non-hydrogen) atoms. The van der Waals surface area contributed by atoms with Crippen LogP contribution >= 0.6 is 0 Å². The summed E-state index contributed by atoms with van der Waals surface area (Å²) in [7, 11) is 1.40. The molecule has 92 valence electrons. The second-order valence-corrected chi connectivity index (χ2v) is 3.46. The summed E-state index contributed by atoms with van der Waals surface area (Å²) in [5.74, 6) is -0.547. The largest absolute Gasteiger partial charge is 0.494 e. The van der Waals surface area contributed by atoms with E-state index in [0.29, 0.717) is 12.1 Å². The molecule has 0 radical (unpaired) electrons. The van der Waals surface area contributed by atoms with Crippen molar-refractivity contribution in [1.29, 1.82) is 0 Å². The van der Waals surface area contributed by atoms with Crippen LogP contribution in [0, 0.1) is 5.82 Å². The van der Waals surface area contributed by atoms with Crippen LogP contribution < -0.4 is 15.8 Å². The van der Waals surface area contributed by atoms with Crippen molar-refractivity contribution in [2.45, 2.75) is 12.5 Å². The lowest BCUT2D eigenvalue weighted by Crippen LogP contribution is -2.35. The van der Waals surface area contributed by atoms with Crippen LogP contribution in [-0.2, 0) is 4.79 Å². The van der Waals surface area contributed by atoms with Crippen molar-refractivity contribution in [2.75, 3.05) is 12.4 Å². The zero-order chi connectivity index (χ0) is 12.8. The van der Waals surface area contributed by atoms with Crippen molar-refractivity contribution < 1.29 is 13.9 Å². The quantitative estimate of drug-likeness (QED) is 0.767. The third kappa shape index (κ3) is 3.57. The highest BCUT2D eigenvalue weighted by Crippen LogP contribution is 2.24. The number of hydrogen-bond acceptors (Lipinski definition) is 3. The molecule has 1 unspecified atom stereocenters. The highest BCUT2D eigenvalue weighted by molar-refractivity contribution is 5.96. The van der Waals surface area contributed by atoms with Gasteiger partial charge in [0.25, 0.3) is 0 Å². The molecule has 0 spiro atoms. The first kappa shape index (κ1) is 13.2. The van der Waals surface area contributed by atoms with E-state index in [2.05, 4.69) is 11.9 Å². The Morgan fingerprint density at radius 2 is 2.41 bits per heavy atom. The fraction of sp³-hybridized carbons (Fsp3) is 0.250. The van der Waals surface area contributed by atoms with Gasteiger partial charge in [-0.05, 0) is 18.6 Å². The van der Waals surface area contributed by atoms with Gasteiger partial charge in [-0.3, -0.25) is 4.79 Å². The Morgan fingerprint density at radius 3 is 3.00 bits per heavy atom. The van der Waals surface area contributed by atoms with Crippen LogP contribution in [0.3, 0.4) is 0 Å². The number of anilines is 1. The maximum atomic E-state index is 12.9. The van der Waals surface area contributed by atoms with Gasteiger partial charge in [0.1, 0.15) is 11.6 Å². The first-order valence-electron chi connectivity index (χ1n) is 5.09.